The summed E-state index contributed by atoms with van der Waals surface area (Å²) in [6, 6.07) is 13.1. The summed E-state index contributed by atoms with van der Waals surface area (Å²) in [5.74, 6) is -0.0990. The summed E-state index contributed by atoms with van der Waals surface area (Å²) < 4.78 is 5.20. The second kappa shape index (κ2) is 10.9. The lowest BCUT2D eigenvalue weighted by atomic mass is 10.0. The lowest BCUT2D eigenvalue weighted by Gasteiger charge is -2.34. The van der Waals surface area contributed by atoms with E-state index in [1.54, 1.807) is 28.0 Å². The number of benzene rings is 2. The maximum Gasteiger partial charge on any atom is 0.409 e. The van der Waals surface area contributed by atoms with Gasteiger partial charge in [0.1, 0.15) is 0 Å². The van der Waals surface area contributed by atoms with E-state index in [4.69, 9.17) is 27.1 Å². The molecule has 1 saturated heterocycles. The Bertz CT molecular complexity index is 1270. The minimum atomic E-state index is -0.324. The van der Waals surface area contributed by atoms with Crippen LogP contribution in [0.1, 0.15) is 34.8 Å². The van der Waals surface area contributed by atoms with Crippen molar-refractivity contribution in [2.45, 2.75) is 19.9 Å². The molecular weight excluding hydrogens is 464 g/mol. The number of nitrogens with zero attached hydrogens (tertiary/aromatic N) is 3. The monoisotopic (exact) mass is 492 g/mol. The second-order valence-electron chi connectivity index (χ2n) is 8.44. The molecule has 35 heavy (non-hydrogen) atoms. The highest BCUT2D eigenvalue weighted by atomic mass is 35.5. The quantitative estimate of drug-likeness (QED) is 0.525. The highest BCUT2D eigenvalue weighted by molar-refractivity contribution is 6.35. The number of nitrogens with two attached hydrogens (primary N) is 1. The molecular formula is C27H29ClN4O3. The number of rotatable bonds is 6. The molecule has 0 atom stereocenters. The zero-order valence-electron chi connectivity index (χ0n) is 19.8. The van der Waals surface area contributed by atoms with Crippen molar-refractivity contribution in [2.75, 3.05) is 32.8 Å². The van der Waals surface area contributed by atoms with Gasteiger partial charge in [-0.1, -0.05) is 49.4 Å². The van der Waals surface area contributed by atoms with Gasteiger partial charge in [0.2, 0.25) is 0 Å². The third kappa shape index (κ3) is 5.31. The molecule has 2 amide bonds. The van der Waals surface area contributed by atoms with Crippen LogP contribution in [0, 0.1) is 0 Å². The van der Waals surface area contributed by atoms with Crippen molar-refractivity contribution in [3.8, 4) is 11.3 Å². The van der Waals surface area contributed by atoms with Gasteiger partial charge in [0.05, 0.1) is 22.8 Å². The van der Waals surface area contributed by atoms with Crippen LogP contribution in [0.5, 0.6) is 0 Å². The topological polar surface area (TPSA) is 88.8 Å². The van der Waals surface area contributed by atoms with E-state index in [9.17, 15) is 9.59 Å². The summed E-state index contributed by atoms with van der Waals surface area (Å²) >= 11 is 6.58. The number of halogens is 1. The average molecular weight is 493 g/mol. The van der Waals surface area contributed by atoms with Crippen molar-refractivity contribution < 1.29 is 14.3 Å². The first-order valence-corrected chi connectivity index (χ1v) is 12.1. The van der Waals surface area contributed by atoms with Crippen LogP contribution in [0.4, 0.5) is 4.79 Å². The number of hydrogen-bond acceptors (Lipinski definition) is 5. The van der Waals surface area contributed by atoms with Crippen molar-refractivity contribution in [1.82, 2.24) is 14.8 Å². The van der Waals surface area contributed by atoms with Crippen molar-refractivity contribution >= 4 is 40.6 Å². The molecule has 0 unspecified atom stereocenters. The fourth-order valence-electron chi connectivity index (χ4n) is 4.15. The van der Waals surface area contributed by atoms with E-state index in [-0.39, 0.29) is 12.0 Å². The largest absolute Gasteiger partial charge is 0.449 e. The van der Waals surface area contributed by atoms with Gasteiger partial charge in [-0.15, -0.1) is 0 Å². The van der Waals surface area contributed by atoms with Gasteiger partial charge in [-0.3, -0.25) is 4.79 Å². The van der Waals surface area contributed by atoms with Crippen molar-refractivity contribution in [3.05, 3.63) is 70.8 Å². The van der Waals surface area contributed by atoms with Gasteiger partial charge >= 0.3 is 6.09 Å². The molecule has 0 radical (unpaired) electrons. The van der Waals surface area contributed by atoms with E-state index < -0.39 is 0 Å². The van der Waals surface area contributed by atoms with Crippen LogP contribution in [0.15, 0.2) is 49.0 Å². The Hall–Kier alpha value is -3.42. The lowest BCUT2D eigenvalue weighted by Crippen LogP contribution is -2.50. The number of amides is 2. The maximum atomic E-state index is 13.2. The van der Waals surface area contributed by atoms with Crippen LogP contribution in [0.25, 0.3) is 28.2 Å². The Morgan fingerprint density at radius 3 is 2.54 bits per heavy atom. The van der Waals surface area contributed by atoms with Gasteiger partial charge in [-0.2, -0.15) is 0 Å². The maximum absolute atomic E-state index is 13.2. The van der Waals surface area contributed by atoms with Crippen molar-refractivity contribution in [2.24, 2.45) is 5.73 Å². The third-order valence-corrected chi connectivity index (χ3v) is 6.46. The summed E-state index contributed by atoms with van der Waals surface area (Å²) in [5.41, 5.74) is 10.5. The molecule has 182 valence electrons. The highest BCUT2D eigenvalue weighted by Crippen LogP contribution is 2.30. The Kier molecular flexibility index (Phi) is 7.68. The van der Waals surface area contributed by atoms with E-state index in [2.05, 4.69) is 6.58 Å². The molecule has 1 aromatic heterocycles. The van der Waals surface area contributed by atoms with Crippen molar-refractivity contribution in [1.29, 1.82) is 0 Å². The highest BCUT2D eigenvalue weighted by Gasteiger charge is 2.26. The zero-order chi connectivity index (χ0) is 24.9. The predicted molar refractivity (Wildman–Crippen MR) is 139 cm³/mol. The van der Waals surface area contributed by atoms with Crippen LogP contribution in [-0.2, 0) is 11.3 Å². The molecule has 3 aromatic rings. The van der Waals surface area contributed by atoms with Gasteiger partial charge in [0.25, 0.3) is 5.91 Å². The summed E-state index contributed by atoms with van der Waals surface area (Å²) in [6.07, 6.45) is 2.23. The SMILES string of the molecule is C=Cc1cc(-c2cc(Cl)c3ccc(C(=O)N4CCN(C(=O)OCCC)CC4)cc3n2)ccc1CN. The van der Waals surface area contributed by atoms with E-state index in [1.807, 2.05) is 37.3 Å². The minimum absolute atomic E-state index is 0.0990. The van der Waals surface area contributed by atoms with E-state index >= 15 is 0 Å². The molecule has 1 aliphatic heterocycles. The summed E-state index contributed by atoms with van der Waals surface area (Å²) in [6.45, 7) is 8.44. The van der Waals surface area contributed by atoms with Gasteiger partial charge in [0.15, 0.2) is 0 Å². The Morgan fingerprint density at radius 2 is 1.86 bits per heavy atom. The first kappa shape index (κ1) is 24.7. The summed E-state index contributed by atoms with van der Waals surface area (Å²) in [4.78, 5) is 33.5. The molecule has 7 nitrogen and oxygen atoms in total. The molecule has 2 heterocycles. The number of hydrogen-bond donors (Lipinski definition) is 1. The third-order valence-electron chi connectivity index (χ3n) is 6.14. The van der Waals surface area contributed by atoms with Gasteiger partial charge in [0, 0.05) is 49.2 Å². The predicted octanol–water partition coefficient (Wildman–Crippen LogP) is 4.96. The lowest BCUT2D eigenvalue weighted by molar-refractivity contribution is 0.0560. The molecule has 1 aliphatic rings. The molecule has 0 spiro atoms. The number of aromatic nitrogens is 1. The van der Waals surface area contributed by atoms with E-state index in [0.717, 1.165) is 28.5 Å². The standard InChI is InChI=1S/C27H29ClN4O3/c1-3-13-35-27(34)32-11-9-31(10-12-32)26(33)20-7-8-22-23(28)16-24(30-25(22)15-20)19-5-6-21(17-29)18(4-2)14-19/h4-8,14-16H,2-3,9-13,17,29H2,1H3. The van der Waals surface area contributed by atoms with Gasteiger partial charge < -0.3 is 20.3 Å². The van der Waals surface area contributed by atoms with E-state index in [0.29, 0.717) is 61.1 Å². The van der Waals surface area contributed by atoms with Crippen molar-refractivity contribution in [3.63, 3.8) is 0 Å². The Morgan fingerprint density at radius 1 is 1.11 bits per heavy atom. The fraction of sp³-hybridized carbons (Fsp3) is 0.296. The van der Waals surface area contributed by atoms with Crippen LogP contribution < -0.4 is 5.73 Å². The first-order chi connectivity index (χ1) is 16.9. The van der Waals surface area contributed by atoms with Crippen LogP contribution in [0.3, 0.4) is 0 Å². The number of fused-ring (bicyclic) bond motifs is 1. The number of ether oxygens (including phenoxy) is 1. The van der Waals surface area contributed by atoms with Gasteiger partial charge in [-0.05, 0) is 41.8 Å². The summed E-state index contributed by atoms with van der Waals surface area (Å²) in [5, 5.41) is 1.34. The molecule has 0 saturated carbocycles. The average Bonchev–Trinajstić information content (AvgIpc) is 2.90. The Balaban J connectivity index is 1.56. The first-order valence-electron chi connectivity index (χ1n) is 11.7. The molecule has 2 aromatic carbocycles. The number of pyridine rings is 1. The number of piperazine rings is 1. The molecule has 0 aliphatic carbocycles. The smallest absolute Gasteiger partial charge is 0.409 e. The van der Waals surface area contributed by atoms with Gasteiger partial charge in [-0.25, -0.2) is 9.78 Å². The minimum Gasteiger partial charge on any atom is -0.449 e. The normalized spacial score (nSPS) is 13.7. The molecule has 0 bridgehead atoms. The molecule has 2 N–H and O–H groups in total. The van der Waals surface area contributed by atoms with Crippen LogP contribution >= 0.6 is 11.6 Å². The van der Waals surface area contributed by atoms with E-state index in [1.165, 1.54) is 0 Å². The summed E-state index contributed by atoms with van der Waals surface area (Å²) in [7, 11) is 0. The fourth-order valence-corrected chi connectivity index (χ4v) is 4.42. The second-order valence-corrected chi connectivity index (χ2v) is 8.84. The zero-order valence-corrected chi connectivity index (χ0v) is 20.6. The van der Waals surface area contributed by atoms with Crippen LogP contribution in [-0.4, -0.2) is 59.6 Å². The Labute approximate surface area is 210 Å². The number of carbonyl (C=O) groups excluding carboxylic acids is 2. The molecule has 1 fully saturated rings. The van der Waals surface area contributed by atoms with Crippen LogP contribution in [0.2, 0.25) is 5.02 Å². The molecule has 8 heteroatoms. The number of carbonyl (C=O) groups is 2. The molecule has 4 rings (SSSR count).